The van der Waals surface area contributed by atoms with E-state index in [0.717, 1.165) is 73.1 Å². The average Bonchev–Trinajstić information content (AvgIpc) is 3.97. The molecule has 0 aliphatic carbocycles. The fourth-order valence-corrected chi connectivity index (χ4v) is 10.7. The molecule has 2 N–H and O–H groups in total. The molecule has 2 unspecified atom stereocenters. The fourth-order valence-electron chi connectivity index (χ4n) is 7.67. The molecule has 2 saturated heterocycles. The van der Waals surface area contributed by atoms with Crippen LogP contribution in [0.15, 0.2) is 102 Å². The number of carbonyl (C=O) groups excluding carboxylic acids is 2. The van der Waals surface area contributed by atoms with Gasteiger partial charge in [0, 0.05) is 86.5 Å². The highest BCUT2D eigenvalue weighted by Crippen LogP contribution is 2.35. The lowest BCUT2D eigenvalue weighted by molar-refractivity contribution is -0.131. The molecule has 0 saturated carbocycles. The van der Waals surface area contributed by atoms with Crippen LogP contribution in [-0.2, 0) is 33.5 Å². The van der Waals surface area contributed by atoms with Crippen LogP contribution >= 0.6 is 22.7 Å². The third-order valence-electron chi connectivity index (χ3n) is 11.3. The van der Waals surface area contributed by atoms with E-state index in [1.807, 2.05) is 57.3 Å². The van der Waals surface area contributed by atoms with Gasteiger partial charge < -0.3 is 15.4 Å². The van der Waals surface area contributed by atoms with Gasteiger partial charge in [0.15, 0.2) is 11.4 Å². The van der Waals surface area contributed by atoms with E-state index >= 15 is 0 Å². The molecule has 15 heteroatoms. The summed E-state index contributed by atoms with van der Waals surface area (Å²) >= 11 is 3.15. The maximum absolute atomic E-state index is 13.4. The molecule has 0 bridgehead atoms. The van der Waals surface area contributed by atoms with Gasteiger partial charge in [0.05, 0.1) is 44.2 Å². The monoisotopic (exact) mass is 898 g/mol. The third kappa shape index (κ3) is 10.6. The predicted octanol–water partition coefficient (Wildman–Crippen LogP) is 7.63. The maximum atomic E-state index is 13.4. The molecule has 2 aliphatic rings. The summed E-state index contributed by atoms with van der Waals surface area (Å²) < 4.78 is 19.1. The number of ether oxygens (including phenoxy) is 1. The summed E-state index contributed by atoms with van der Waals surface area (Å²) in [6.07, 6.45) is 4.24. The Balaban J connectivity index is 0.742. The van der Waals surface area contributed by atoms with E-state index in [0.29, 0.717) is 37.5 Å². The number of pyridine rings is 1. The zero-order valence-electron chi connectivity index (χ0n) is 35.7. The molecule has 63 heavy (non-hydrogen) atoms. The van der Waals surface area contributed by atoms with Gasteiger partial charge in [0.25, 0.3) is 0 Å². The number of likely N-dealkylation sites (tertiary alicyclic amines) is 2. The van der Waals surface area contributed by atoms with Gasteiger partial charge in [0.1, 0.15) is 16.1 Å². The number of amides is 2. The SMILES string of the molecule is CNC(=O)C1CN(Cc2ccc(-c3ncc(-c4ccc(S(=O)C(C)CCNC(=O)C5CN(Cc6ccc(-c7ncc(-c8ccc(OC(C)C)c(C#N)n8)s7)cc6)C5)cc4)s3)cc2)C1. The van der Waals surface area contributed by atoms with Crippen LogP contribution in [0.4, 0.5) is 0 Å². The normalized spacial score (nSPS) is 15.6. The van der Waals surface area contributed by atoms with Crippen molar-refractivity contribution in [3.63, 3.8) is 0 Å². The molecule has 2 aliphatic heterocycles. The Kier molecular flexibility index (Phi) is 13.8. The third-order valence-corrected chi connectivity index (χ3v) is 15.2. The van der Waals surface area contributed by atoms with E-state index in [1.165, 1.54) is 16.9 Å². The summed E-state index contributed by atoms with van der Waals surface area (Å²) in [5.74, 6) is 0.671. The highest BCUT2D eigenvalue weighted by atomic mass is 32.2. The molecule has 0 spiro atoms. The minimum atomic E-state index is -1.21. The highest BCUT2D eigenvalue weighted by molar-refractivity contribution is 7.85. The van der Waals surface area contributed by atoms with Crippen LogP contribution in [0.2, 0.25) is 0 Å². The van der Waals surface area contributed by atoms with Crippen molar-refractivity contribution in [3.8, 4) is 54.0 Å². The smallest absolute Gasteiger partial charge is 0.225 e. The molecule has 0 radical (unpaired) electrons. The van der Waals surface area contributed by atoms with Crippen LogP contribution in [-0.4, -0.2) is 91.9 Å². The summed E-state index contributed by atoms with van der Waals surface area (Å²) in [7, 11) is 0.477. The van der Waals surface area contributed by atoms with Crippen LogP contribution in [0.3, 0.4) is 0 Å². The molecule has 2 atom stereocenters. The lowest BCUT2D eigenvalue weighted by Crippen LogP contribution is -2.53. The molecule has 3 aromatic heterocycles. The van der Waals surface area contributed by atoms with Gasteiger partial charge in [0.2, 0.25) is 11.8 Å². The lowest BCUT2D eigenvalue weighted by atomic mass is 9.98. The Morgan fingerprint density at radius 2 is 1.32 bits per heavy atom. The number of rotatable bonds is 17. The molecule has 5 heterocycles. The number of hydrogen-bond donors (Lipinski definition) is 2. The van der Waals surface area contributed by atoms with E-state index in [2.05, 4.69) is 90.0 Å². The van der Waals surface area contributed by atoms with Gasteiger partial charge in [-0.3, -0.25) is 23.6 Å². The predicted molar refractivity (Wildman–Crippen MR) is 249 cm³/mol. The standard InChI is InChI=1S/C48H50N8O4S3/c1-30(2)60-42-18-17-40(54-41(42)21-49)44-23-53-48(62-44)36-11-7-33(8-12-36)25-56-28-38(29-56)46(58)51-20-19-31(3)63(59)39-15-13-34(14-16-39)43-22-52-47(61-43)35-9-5-32(6-10-35)24-55-26-37(27-55)45(57)50-4/h5-18,22-23,30-31,37-38H,19-20,24-29H2,1-4H3,(H,50,57)(H,51,58). The Morgan fingerprint density at radius 1 is 0.778 bits per heavy atom. The number of thiazole rings is 2. The minimum absolute atomic E-state index is 0.0470. The van der Waals surface area contributed by atoms with Crippen LogP contribution in [0.5, 0.6) is 5.75 Å². The second-order valence-corrected chi connectivity index (χ2v) is 20.3. The van der Waals surface area contributed by atoms with Crippen molar-refractivity contribution >= 4 is 45.3 Å². The van der Waals surface area contributed by atoms with Crippen LogP contribution in [0.25, 0.3) is 42.2 Å². The van der Waals surface area contributed by atoms with Crippen LogP contribution in [0.1, 0.15) is 44.0 Å². The topological polar surface area (TPSA) is 153 Å². The van der Waals surface area contributed by atoms with Gasteiger partial charge in [-0.25, -0.2) is 15.0 Å². The molecule has 12 nitrogen and oxygen atoms in total. The molecular weight excluding hydrogens is 849 g/mol. The first kappa shape index (κ1) is 44.0. The fraction of sp³-hybridized carbons (Fsp3) is 0.333. The summed E-state index contributed by atoms with van der Waals surface area (Å²) in [4.78, 5) is 45.8. The first-order valence-electron chi connectivity index (χ1n) is 21.2. The maximum Gasteiger partial charge on any atom is 0.225 e. The molecule has 324 valence electrons. The van der Waals surface area contributed by atoms with Gasteiger partial charge in [-0.05, 0) is 61.2 Å². The second-order valence-electron chi connectivity index (χ2n) is 16.4. The Labute approximate surface area is 378 Å². The number of nitrogens with one attached hydrogen (secondary N) is 2. The van der Waals surface area contributed by atoms with Gasteiger partial charge in [-0.15, -0.1) is 22.7 Å². The quantitative estimate of drug-likeness (QED) is 0.0935. The number of benzene rings is 3. The van der Waals surface area contributed by atoms with E-state index in [-0.39, 0.29) is 40.7 Å². The molecule has 2 amide bonds. The van der Waals surface area contributed by atoms with E-state index in [4.69, 9.17) is 4.74 Å². The number of carbonyl (C=O) groups is 2. The second kappa shape index (κ2) is 19.8. The van der Waals surface area contributed by atoms with Gasteiger partial charge >= 0.3 is 0 Å². The zero-order valence-corrected chi connectivity index (χ0v) is 38.2. The first-order chi connectivity index (χ1) is 30.5. The molecule has 2 fully saturated rings. The summed E-state index contributed by atoms with van der Waals surface area (Å²) in [6.45, 7) is 10.8. The van der Waals surface area contributed by atoms with Crippen LogP contribution < -0.4 is 15.4 Å². The molecular formula is C48H50N8O4S3. The van der Waals surface area contributed by atoms with E-state index in [9.17, 15) is 19.1 Å². The van der Waals surface area contributed by atoms with Crippen molar-refractivity contribution < 1.29 is 18.5 Å². The van der Waals surface area contributed by atoms with Crippen molar-refractivity contribution in [1.82, 2.24) is 35.4 Å². The number of nitriles is 1. The number of hydrogen-bond acceptors (Lipinski definition) is 12. The zero-order chi connectivity index (χ0) is 44.0. The van der Waals surface area contributed by atoms with Crippen molar-refractivity contribution in [3.05, 3.63) is 114 Å². The summed E-state index contributed by atoms with van der Waals surface area (Å²) in [5.41, 5.74) is 6.42. The molecule has 6 aromatic rings. The van der Waals surface area contributed by atoms with E-state index in [1.54, 1.807) is 30.6 Å². The van der Waals surface area contributed by atoms with E-state index < -0.39 is 10.8 Å². The minimum Gasteiger partial charge on any atom is -0.488 e. The van der Waals surface area contributed by atoms with Gasteiger partial charge in [-0.2, -0.15) is 5.26 Å². The van der Waals surface area contributed by atoms with Gasteiger partial charge in [-0.1, -0.05) is 67.6 Å². The lowest BCUT2D eigenvalue weighted by Gasteiger charge is -2.38. The Bertz CT molecular complexity index is 2610. The molecule has 3 aromatic carbocycles. The largest absolute Gasteiger partial charge is 0.488 e. The van der Waals surface area contributed by atoms with Crippen molar-refractivity contribution in [2.45, 2.75) is 56.5 Å². The number of nitrogens with zero attached hydrogens (tertiary/aromatic N) is 6. The number of aromatic nitrogens is 3. The highest BCUT2D eigenvalue weighted by Gasteiger charge is 2.33. The first-order valence-corrected chi connectivity index (χ1v) is 24.0. The van der Waals surface area contributed by atoms with Crippen molar-refractivity contribution in [2.75, 3.05) is 39.8 Å². The summed E-state index contributed by atoms with van der Waals surface area (Å²) in [6, 6.07) is 30.4. The summed E-state index contributed by atoms with van der Waals surface area (Å²) in [5, 5.41) is 17.1. The van der Waals surface area contributed by atoms with Crippen LogP contribution in [0, 0.1) is 23.2 Å². The van der Waals surface area contributed by atoms with Crippen molar-refractivity contribution in [2.24, 2.45) is 11.8 Å². The molecule has 8 rings (SSSR count). The Hall–Kier alpha value is -5.63. The Morgan fingerprint density at radius 3 is 1.87 bits per heavy atom. The average molecular weight is 899 g/mol. The van der Waals surface area contributed by atoms with Crippen molar-refractivity contribution in [1.29, 1.82) is 5.26 Å².